The zero-order valence-corrected chi connectivity index (χ0v) is 15.1. The van der Waals surface area contributed by atoms with E-state index in [1.165, 1.54) is 0 Å². The third kappa shape index (κ3) is 3.84. The molecule has 0 fully saturated rings. The maximum absolute atomic E-state index is 12.6. The fraction of sp³-hybridized carbons (Fsp3) is 0.143. The van der Waals surface area contributed by atoms with Gasteiger partial charge in [-0.25, -0.2) is 0 Å². The van der Waals surface area contributed by atoms with Gasteiger partial charge in [-0.2, -0.15) is 0 Å². The Morgan fingerprint density at radius 2 is 1.63 bits per heavy atom. The lowest BCUT2D eigenvalue weighted by Gasteiger charge is -2.10. The molecule has 1 aliphatic rings. The highest BCUT2D eigenvalue weighted by atomic mass is 16.7. The van der Waals surface area contributed by atoms with Crippen LogP contribution in [-0.2, 0) is 0 Å². The quantitative estimate of drug-likeness (QED) is 0.719. The molecule has 0 atom stereocenters. The number of pyridine rings is 1. The zero-order valence-electron chi connectivity index (χ0n) is 15.1. The predicted octanol–water partition coefficient (Wildman–Crippen LogP) is 4.42. The van der Waals surface area contributed by atoms with Gasteiger partial charge >= 0.3 is 0 Å². The van der Waals surface area contributed by atoms with Crippen molar-refractivity contribution < 1.29 is 14.3 Å². The van der Waals surface area contributed by atoms with E-state index in [4.69, 9.17) is 9.47 Å². The van der Waals surface area contributed by atoms with E-state index in [2.05, 4.69) is 21.7 Å². The number of ether oxygens (including phenoxy) is 2. The number of hydrogen-bond donors (Lipinski definition) is 2. The van der Waals surface area contributed by atoms with Gasteiger partial charge in [0.05, 0.1) is 0 Å². The molecule has 2 heterocycles. The van der Waals surface area contributed by atoms with Gasteiger partial charge in [0.25, 0.3) is 5.91 Å². The molecule has 0 saturated carbocycles. The Labute approximate surface area is 157 Å². The van der Waals surface area contributed by atoms with Crippen molar-refractivity contribution in [2.24, 2.45) is 0 Å². The number of aromatic nitrogens is 1. The lowest BCUT2D eigenvalue weighted by Crippen LogP contribution is -2.14. The first kappa shape index (κ1) is 16.9. The molecule has 136 valence electrons. The summed E-state index contributed by atoms with van der Waals surface area (Å²) in [6.07, 6.45) is 1.60. The molecule has 0 unspecified atom stereocenters. The minimum absolute atomic E-state index is 0.233. The standard InChI is InChI=1S/C21H19N3O3/c1-13-7-14(2)9-17(8-13)24-21(25)18-10-16(5-6-22-18)23-15-3-4-19-20(11-15)27-12-26-19/h3-11H,12H2,1-2H3,(H,22,23)(H,24,25). The van der Waals surface area contributed by atoms with Crippen molar-refractivity contribution in [1.82, 2.24) is 4.98 Å². The fourth-order valence-electron chi connectivity index (χ4n) is 3.02. The smallest absolute Gasteiger partial charge is 0.274 e. The number of benzene rings is 2. The van der Waals surface area contributed by atoms with E-state index in [0.717, 1.165) is 33.9 Å². The summed E-state index contributed by atoms with van der Waals surface area (Å²) in [6.45, 7) is 4.23. The van der Waals surface area contributed by atoms with Crippen molar-refractivity contribution >= 4 is 23.0 Å². The first-order valence-electron chi connectivity index (χ1n) is 8.59. The molecular formula is C21H19N3O3. The number of carbonyl (C=O) groups excluding carboxylic acids is 1. The van der Waals surface area contributed by atoms with Crippen LogP contribution in [0.15, 0.2) is 54.7 Å². The van der Waals surface area contributed by atoms with E-state index < -0.39 is 0 Å². The molecule has 1 aromatic heterocycles. The maximum Gasteiger partial charge on any atom is 0.274 e. The van der Waals surface area contributed by atoms with E-state index in [9.17, 15) is 4.79 Å². The molecule has 4 rings (SSSR count). The van der Waals surface area contributed by atoms with Crippen LogP contribution < -0.4 is 20.1 Å². The van der Waals surface area contributed by atoms with Gasteiger partial charge < -0.3 is 20.1 Å². The minimum Gasteiger partial charge on any atom is -0.454 e. The molecule has 1 amide bonds. The largest absolute Gasteiger partial charge is 0.454 e. The molecule has 2 N–H and O–H groups in total. The number of nitrogens with zero attached hydrogens (tertiary/aromatic N) is 1. The molecule has 0 spiro atoms. The van der Waals surface area contributed by atoms with E-state index in [0.29, 0.717) is 11.4 Å². The summed E-state index contributed by atoms with van der Waals surface area (Å²) in [5, 5.41) is 6.15. The van der Waals surface area contributed by atoms with Crippen LogP contribution in [0.3, 0.4) is 0 Å². The second-order valence-corrected chi connectivity index (χ2v) is 6.45. The lowest BCUT2D eigenvalue weighted by molar-refractivity contribution is 0.102. The highest BCUT2D eigenvalue weighted by molar-refractivity contribution is 6.03. The van der Waals surface area contributed by atoms with Gasteiger partial charge in [-0.05, 0) is 61.4 Å². The minimum atomic E-state index is -0.255. The second kappa shape index (κ2) is 6.99. The number of anilines is 3. The van der Waals surface area contributed by atoms with Crippen LogP contribution in [-0.4, -0.2) is 17.7 Å². The van der Waals surface area contributed by atoms with Gasteiger partial charge in [-0.1, -0.05) is 6.07 Å². The van der Waals surface area contributed by atoms with E-state index >= 15 is 0 Å². The van der Waals surface area contributed by atoms with Crippen molar-refractivity contribution in [1.29, 1.82) is 0 Å². The van der Waals surface area contributed by atoms with Crippen LogP contribution in [0.1, 0.15) is 21.6 Å². The molecule has 0 saturated heterocycles. The lowest BCUT2D eigenvalue weighted by atomic mass is 10.1. The summed E-state index contributed by atoms with van der Waals surface area (Å²) in [7, 11) is 0. The molecule has 0 aliphatic carbocycles. The number of nitrogens with one attached hydrogen (secondary N) is 2. The Balaban J connectivity index is 1.50. The third-order valence-electron chi connectivity index (χ3n) is 4.13. The molecule has 2 aromatic carbocycles. The SMILES string of the molecule is Cc1cc(C)cc(NC(=O)c2cc(Nc3ccc4c(c3)OCO4)ccn2)c1. The summed E-state index contributed by atoms with van der Waals surface area (Å²) >= 11 is 0. The topological polar surface area (TPSA) is 72.5 Å². The van der Waals surface area contributed by atoms with Crippen LogP contribution in [0.4, 0.5) is 17.1 Å². The Hall–Kier alpha value is -3.54. The zero-order chi connectivity index (χ0) is 18.8. The number of aryl methyl sites for hydroxylation is 2. The van der Waals surface area contributed by atoms with Gasteiger partial charge in [-0.15, -0.1) is 0 Å². The monoisotopic (exact) mass is 361 g/mol. The van der Waals surface area contributed by atoms with Crippen molar-refractivity contribution in [3.8, 4) is 11.5 Å². The van der Waals surface area contributed by atoms with E-state index in [-0.39, 0.29) is 12.7 Å². The Kier molecular flexibility index (Phi) is 4.38. The van der Waals surface area contributed by atoms with E-state index in [1.54, 1.807) is 18.3 Å². The van der Waals surface area contributed by atoms with Crippen LogP contribution in [0.25, 0.3) is 0 Å². The van der Waals surface area contributed by atoms with Crippen LogP contribution in [0.2, 0.25) is 0 Å². The molecule has 1 aliphatic heterocycles. The average Bonchev–Trinajstić information content (AvgIpc) is 3.09. The van der Waals surface area contributed by atoms with Crippen molar-refractivity contribution in [2.75, 3.05) is 17.4 Å². The van der Waals surface area contributed by atoms with Gasteiger partial charge in [0, 0.05) is 29.3 Å². The van der Waals surface area contributed by atoms with Crippen molar-refractivity contribution in [2.45, 2.75) is 13.8 Å². The molecule has 6 nitrogen and oxygen atoms in total. The highest BCUT2D eigenvalue weighted by Gasteiger charge is 2.14. The van der Waals surface area contributed by atoms with Crippen molar-refractivity contribution in [3.05, 3.63) is 71.5 Å². The average molecular weight is 361 g/mol. The summed E-state index contributed by atoms with van der Waals surface area (Å²) in [5.74, 6) is 1.17. The van der Waals surface area contributed by atoms with Crippen LogP contribution >= 0.6 is 0 Å². The summed E-state index contributed by atoms with van der Waals surface area (Å²) in [5.41, 5.74) is 4.88. The first-order chi connectivity index (χ1) is 13.1. The highest BCUT2D eigenvalue weighted by Crippen LogP contribution is 2.35. The maximum atomic E-state index is 12.6. The summed E-state index contributed by atoms with van der Waals surface area (Å²) in [4.78, 5) is 16.7. The van der Waals surface area contributed by atoms with Crippen molar-refractivity contribution in [3.63, 3.8) is 0 Å². The fourth-order valence-corrected chi connectivity index (χ4v) is 3.02. The summed E-state index contributed by atoms with van der Waals surface area (Å²) in [6, 6.07) is 15.0. The number of hydrogen-bond acceptors (Lipinski definition) is 5. The Morgan fingerprint density at radius 3 is 2.44 bits per heavy atom. The second-order valence-electron chi connectivity index (χ2n) is 6.45. The number of rotatable bonds is 4. The Morgan fingerprint density at radius 1 is 0.889 bits per heavy atom. The van der Waals surface area contributed by atoms with Gasteiger partial charge in [0.2, 0.25) is 6.79 Å². The van der Waals surface area contributed by atoms with E-state index in [1.807, 2.05) is 44.2 Å². The number of carbonyl (C=O) groups is 1. The Bertz CT molecular complexity index is 997. The van der Waals surface area contributed by atoms with Gasteiger partial charge in [-0.3, -0.25) is 9.78 Å². The summed E-state index contributed by atoms with van der Waals surface area (Å²) < 4.78 is 10.7. The third-order valence-corrected chi connectivity index (χ3v) is 4.13. The van der Waals surface area contributed by atoms with Gasteiger partial charge in [0.15, 0.2) is 11.5 Å². The van der Waals surface area contributed by atoms with Crippen LogP contribution in [0.5, 0.6) is 11.5 Å². The molecule has 0 radical (unpaired) electrons. The normalized spacial score (nSPS) is 11.9. The molecule has 0 bridgehead atoms. The first-order valence-corrected chi connectivity index (χ1v) is 8.59. The molecule has 6 heteroatoms. The molecule has 27 heavy (non-hydrogen) atoms. The predicted molar refractivity (Wildman–Crippen MR) is 104 cm³/mol. The van der Waals surface area contributed by atoms with Crippen LogP contribution in [0, 0.1) is 13.8 Å². The molecule has 3 aromatic rings. The number of fused-ring (bicyclic) bond motifs is 1. The van der Waals surface area contributed by atoms with Gasteiger partial charge in [0.1, 0.15) is 5.69 Å². The molecular weight excluding hydrogens is 342 g/mol. The number of amides is 1.